The van der Waals surface area contributed by atoms with Crippen LogP contribution in [-0.2, 0) is 0 Å². The summed E-state index contributed by atoms with van der Waals surface area (Å²) in [7, 11) is 0. The molecule has 4 heteroatoms. The lowest BCUT2D eigenvalue weighted by Crippen LogP contribution is -2.26. The van der Waals surface area contributed by atoms with Crippen molar-refractivity contribution in [2.45, 2.75) is 31.7 Å². The Morgan fingerprint density at radius 1 is 1.48 bits per heavy atom. The Labute approximate surface area is 126 Å². The first-order chi connectivity index (χ1) is 10.2. The molecule has 0 saturated heterocycles. The molecule has 1 unspecified atom stereocenters. The molecule has 114 valence electrons. The van der Waals surface area contributed by atoms with Crippen LogP contribution in [0.5, 0.6) is 0 Å². The van der Waals surface area contributed by atoms with Crippen molar-refractivity contribution in [2.24, 2.45) is 5.92 Å². The third-order valence-electron chi connectivity index (χ3n) is 3.75. The van der Waals surface area contributed by atoms with Crippen LogP contribution in [0.1, 0.15) is 36.0 Å². The van der Waals surface area contributed by atoms with Gasteiger partial charge in [-0.2, -0.15) is 0 Å². The van der Waals surface area contributed by atoms with Crippen molar-refractivity contribution in [1.29, 1.82) is 0 Å². The van der Waals surface area contributed by atoms with Gasteiger partial charge in [-0.3, -0.25) is 4.79 Å². The molecular weight excluding hydrogens is 264 g/mol. The molecule has 2 rings (SSSR count). The monoisotopic (exact) mass is 288 g/mol. The SMILES string of the molecule is C=CCCC(Nc1cccc(C(=O)NCCO)c1)C1CC1. The highest BCUT2D eigenvalue weighted by molar-refractivity contribution is 5.95. The summed E-state index contributed by atoms with van der Waals surface area (Å²) in [5.41, 5.74) is 1.60. The number of amides is 1. The molecule has 1 aliphatic rings. The molecule has 1 amide bonds. The van der Waals surface area contributed by atoms with E-state index in [-0.39, 0.29) is 19.1 Å². The van der Waals surface area contributed by atoms with Gasteiger partial charge in [-0.1, -0.05) is 12.1 Å². The first-order valence-corrected chi connectivity index (χ1v) is 7.61. The van der Waals surface area contributed by atoms with Crippen LogP contribution >= 0.6 is 0 Å². The van der Waals surface area contributed by atoms with E-state index in [2.05, 4.69) is 17.2 Å². The minimum Gasteiger partial charge on any atom is -0.395 e. The maximum absolute atomic E-state index is 11.9. The highest BCUT2D eigenvalue weighted by atomic mass is 16.3. The van der Waals surface area contributed by atoms with E-state index in [0.717, 1.165) is 24.4 Å². The number of hydrogen-bond donors (Lipinski definition) is 3. The summed E-state index contributed by atoms with van der Waals surface area (Å²) in [6, 6.07) is 7.99. The second-order valence-corrected chi connectivity index (χ2v) is 5.51. The number of aliphatic hydroxyl groups is 1. The average molecular weight is 288 g/mol. The molecule has 0 aliphatic heterocycles. The summed E-state index contributed by atoms with van der Waals surface area (Å²) in [5.74, 6) is 0.596. The molecular formula is C17H24N2O2. The molecule has 3 N–H and O–H groups in total. The molecule has 1 aliphatic carbocycles. The Kier molecular flexibility index (Phi) is 5.81. The average Bonchev–Trinajstić information content (AvgIpc) is 3.34. The first-order valence-electron chi connectivity index (χ1n) is 7.61. The summed E-state index contributed by atoms with van der Waals surface area (Å²) in [6.45, 7) is 4.02. The van der Waals surface area contributed by atoms with E-state index in [1.54, 1.807) is 6.07 Å². The van der Waals surface area contributed by atoms with E-state index < -0.39 is 0 Å². The van der Waals surface area contributed by atoms with Crippen molar-refractivity contribution in [3.8, 4) is 0 Å². The van der Waals surface area contributed by atoms with Crippen molar-refractivity contribution in [2.75, 3.05) is 18.5 Å². The number of carbonyl (C=O) groups is 1. The molecule has 4 nitrogen and oxygen atoms in total. The van der Waals surface area contributed by atoms with Gasteiger partial charge in [-0.15, -0.1) is 6.58 Å². The molecule has 0 radical (unpaired) electrons. The Morgan fingerprint density at radius 3 is 2.95 bits per heavy atom. The van der Waals surface area contributed by atoms with Crippen molar-refractivity contribution in [3.63, 3.8) is 0 Å². The molecule has 1 aromatic carbocycles. The maximum atomic E-state index is 11.9. The standard InChI is InChI=1S/C17H24N2O2/c1-2-3-7-16(13-8-9-13)19-15-6-4-5-14(12-15)17(21)18-10-11-20/h2,4-6,12-13,16,19-20H,1,3,7-11H2,(H,18,21). The van der Waals surface area contributed by atoms with Gasteiger partial charge in [0.2, 0.25) is 0 Å². The van der Waals surface area contributed by atoms with Gasteiger partial charge in [0, 0.05) is 23.8 Å². The first kappa shape index (κ1) is 15.6. The number of rotatable bonds is 9. The predicted octanol–water partition coefficient (Wildman–Crippen LogP) is 2.57. The molecule has 21 heavy (non-hydrogen) atoms. The smallest absolute Gasteiger partial charge is 0.251 e. The van der Waals surface area contributed by atoms with E-state index in [1.807, 2.05) is 24.3 Å². The van der Waals surface area contributed by atoms with E-state index in [0.29, 0.717) is 11.6 Å². The van der Waals surface area contributed by atoms with Crippen LogP contribution in [0.4, 0.5) is 5.69 Å². The zero-order chi connectivity index (χ0) is 15.1. The van der Waals surface area contributed by atoms with Gasteiger partial charge in [0.1, 0.15) is 0 Å². The van der Waals surface area contributed by atoms with E-state index in [1.165, 1.54) is 12.8 Å². The third kappa shape index (κ3) is 4.90. The second-order valence-electron chi connectivity index (χ2n) is 5.51. The summed E-state index contributed by atoms with van der Waals surface area (Å²) in [5, 5.41) is 15.0. The lowest BCUT2D eigenvalue weighted by atomic mass is 10.1. The highest BCUT2D eigenvalue weighted by Gasteiger charge is 2.30. The topological polar surface area (TPSA) is 61.4 Å². The van der Waals surface area contributed by atoms with Gasteiger partial charge in [-0.05, 0) is 49.8 Å². The highest BCUT2D eigenvalue weighted by Crippen LogP contribution is 2.36. The predicted molar refractivity (Wildman–Crippen MR) is 85.4 cm³/mol. The molecule has 0 bridgehead atoms. The van der Waals surface area contributed by atoms with Crippen LogP contribution in [0.25, 0.3) is 0 Å². The number of hydrogen-bond acceptors (Lipinski definition) is 3. The van der Waals surface area contributed by atoms with Crippen molar-refractivity contribution in [1.82, 2.24) is 5.32 Å². The van der Waals surface area contributed by atoms with Crippen molar-refractivity contribution >= 4 is 11.6 Å². The zero-order valence-corrected chi connectivity index (χ0v) is 12.3. The van der Waals surface area contributed by atoms with Gasteiger partial charge in [-0.25, -0.2) is 0 Å². The molecule has 1 fully saturated rings. The van der Waals surface area contributed by atoms with Gasteiger partial charge in [0.25, 0.3) is 5.91 Å². The minimum atomic E-state index is -0.151. The van der Waals surface area contributed by atoms with Crippen molar-refractivity contribution in [3.05, 3.63) is 42.5 Å². The zero-order valence-electron chi connectivity index (χ0n) is 12.3. The van der Waals surface area contributed by atoms with Crippen LogP contribution in [0.15, 0.2) is 36.9 Å². The summed E-state index contributed by atoms with van der Waals surface area (Å²) in [6.07, 6.45) is 6.60. The Bertz CT molecular complexity index is 483. The summed E-state index contributed by atoms with van der Waals surface area (Å²) >= 11 is 0. The Hall–Kier alpha value is -1.81. The van der Waals surface area contributed by atoms with Gasteiger partial charge < -0.3 is 15.7 Å². The molecule has 0 heterocycles. The number of benzene rings is 1. The fourth-order valence-corrected chi connectivity index (χ4v) is 2.46. The number of allylic oxidation sites excluding steroid dienone is 1. The van der Waals surface area contributed by atoms with Crippen LogP contribution < -0.4 is 10.6 Å². The number of carbonyl (C=O) groups excluding carboxylic acids is 1. The van der Waals surface area contributed by atoms with Gasteiger partial charge >= 0.3 is 0 Å². The fraction of sp³-hybridized carbons (Fsp3) is 0.471. The number of anilines is 1. The minimum absolute atomic E-state index is 0.0466. The summed E-state index contributed by atoms with van der Waals surface area (Å²) < 4.78 is 0. The lowest BCUT2D eigenvalue weighted by Gasteiger charge is -2.19. The van der Waals surface area contributed by atoms with E-state index >= 15 is 0 Å². The van der Waals surface area contributed by atoms with Crippen LogP contribution in [-0.4, -0.2) is 30.2 Å². The lowest BCUT2D eigenvalue weighted by molar-refractivity contribution is 0.0945. The molecule has 0 aromatic heterocycles. The quantitative estimate of drug-likeness (QED) is 0.612. The van der Waals surface area contributed by atoms with Crippen molar-refractivity contribution < 1.29 is 9.90 Å². The molecule has 1 saturated carbocycles. The van der Waals surface area contributed by atoms with E-state index in [4.69, 9.17) is 5.11 Å². The number of nitrogens with one attached hydrogen (secondary N) is 2. The second kappa shape index (κ2) is 7.84. The maximum Gasteiger partial charge on any atom is 0.251 e. The van der Waals surface area contributed by atoms with Crippen LogP contribution in [0.2, 0.25) is 0 Å². The normalized spacial score (nSPS) is 15.3. The van der Waals surface area contributed by atoms with E-state index in [9.17, 15) is 4.79 Å². The van der Waals surface area contributed by atoms with Crippen LogP contribution in [0.3, 0.4) is 0 Å². The van der Waals surface area contributed by atoms with Gasteiger partial charge in [0.05, 0.1) is 6.61 Å². The molecule has 1 aromatic rings. The Morgan fingerprint density at radius 2 is 2.29 bits per heavy atom. The summed E-state index contributed by atoms with van der Waals surface area (Å²) in [4.78, 5) is 11.9. The third-order valence-corrected chi connectivity index (χ3v) is 3.75. The number of aliphatic hydroxyl groups excluding tert-OH is 1. The molecule has 1 atom stereocenters. The fourth-order valence-electron chi connectivity index (χ4n) is 2.46. The molecule has 0 spiro atoms. The largest absolute Gasteiger partial charge is 0.395 e. The van der Waals surface area contributed by atoms with Crippen LogP contribution in [0, 0.1) is 5.92 Å². The Balaban J connectivity index is 1.98. The van der Waals surface area contributed by atoms with Gasteiger partial charge in [0.15, 0.2) is 0 Å².